The molecule has 1 unspecified atom stereocenters. The van der Waals surface area contributed by atoms with E-state index in [2.05, 4.69) is 11.4 Å². The van der Waals surface area contributed by atoms with Crippen LogP contribution in [0.4, 0.5) is 11.4 Å². The molecule has 0 fully saturated rings. The molecular weight excluding hydrogens is 524 g/mol. The Morgan fingerprint density at radius 3 is 2.29 bits per heavy atom. The molecule has 1 heterocycles. The summed E-state index contributed by atoms with van der Waals surface area (Å²) in [5, 5.41) is 24.1. The van der Waals surface area contributed by atoms with Crippen molar-refractivity contribution in [2.24, 2.45) is 0 Å². The average molecular weight is 545 g/mol. The number of hydrogen-bond acceptors (Lipinski definition) is 7. The Kier molecular flexibility index (Phi) is 8.26. The van der Waals surface area contributed by atoms with Crippen LogP contribution in [0.5, 0.6) is 5.75 Å². The summed E-state index contributed by atoms with van der Waals surface area (Å²) in [5.74, 6) is 0.365. The number of aromatic nitrogens is 1. The molecule has 0 spiro atoms. The molecule has 1 amide bonds. The maximum absolute atomic E-state index is 12.9. The molecule has 0 aliphatic rings. The smallest absolute Gasteiger partial charge is 0.269 e. The van der Waals surface area contributed by atoms with Gasteiger partial charge in [0.1, 0.15) is 16.8 Å². The number of ether oxygens (including phenoxy) is 1. The lowest BCUT2D eigenvalue weighted by atomic mass is 9.99. The van der Waals surface area contributed by atoms with Crippen molar-refractivity contribution >= 4 is 40.6 Å². The number of halogens is 1. The highest BCUT2D eigenvalue weighted by molar-refractivity contribution is 8.00. The first-order valence-electron chi connectivity index (χ1n) is 11.4. The summed E-state index contributed by atoms with van der Waals surface area (Å²) < 4.78 is 5.26. The SMILES string of the molecule is COc1ccc(-c2cc(-c3ccc(Cl)cc3)c(C#N)c(SC(C)C(=O)Nc3ccc([N+](=O)[O-])cc3)n2)cc1. The first kappa shape index (κ1) is 26.7. The van der Waals surface area contributed by atoms with E-state index in [0.29, 0.717) is 38.3 Å². The molecule has 4 rings (SSSR count). The second kappa shape index (κ2) is 11.8. The van der Waals surface area contributed by atoms with Gasteiger partial charge in [0.25, 0.3) is 5.69 Å². The van der Waals surface area contributed by atoms with Gasteiger partial charge in [-0.1, -0.05) is 35.5 Å². The number of hydrogen-bond donors (Lipinski definition) is 1. The molecule has 190 valence electrons. The van der Waals surface area contributed by atoms with E-state index in [-0.39, 0.29) is 11.6 Å². The number of carbonyl (C=O) groups excluding carboxylic acids is 1. The first-order valence-corrected chi connectivity index (χ1v) is 12.6. The number of methoxy groups -OCH3 is 1. The Balaban J connectivity index is 1.69. The molecule has 4 aromatic rings. The van der Waals surface area contributed by atoms with Crippen molar-refractivity contribution < 1.29 is 14.5 Å². The summed E-state index contributed by atoms with van der Waals surface area (Å²) in [7, 11) is 1.59. The van der Waals surface area contributed by atoms with Crippen molar-refractivity contribution in [3.05, 3.63) is 99.6 Å². The number of nitriles is 1. The molecule has 0 radical (unpaired) electrons. The molecule has 0 aliphatic carbocycles. The summed E-state index contributed by atoms with van der Waals surface area (Å²) in [6.45, 7) is 1.70. The predicted molar refractivity (Wildman–Crippen MR) is 148 cm³/mol. The Morgan fingerprint density at radius 2 is 1.71 bits per heavy atom. The van der Waals surface area contributed by atoms with Crippen LogP contribution in [0.15, 0.2) is 83.9 Å². The lowest BCUT2D eigenvalue weighted by Crippen LogP contribution is -2.22. The lowest BCUT2D eigenvalue weighted by Gasteiger charge is -2.16. The molecule has 3 aromatic carbocycles. The third-order valence-electron chi connectivity index (χ3n) is 5.64. The number of thioether (sulfide) groups is 1. The summed E-state index contributed by atoms with van der Waals surface area (Å²) in [4.78, 5) is 28.1. The van der Waals surface area contributed by atoms with Gasteiger partial charge in [0, 0.05) is 34.0 Å². The van der Waals surface area contributed by atoms with Crippen molar-refractivity contribution in [1.29, 1.82) is 5.26 Å². The zero-order valence-electron chi connectivity index (χ0n) is 20.3. The van der Waals surface area contributed by atoms with Crippen molar-refractivity contribution in [2.75, 3.05) is 12.4 Å². The largest absolute Gasteiger partial charge is 0.497 e. The Morgan fingerprint density at radius 1 is 1.08 bits per heavy atom. The number of rotatable bonds is 8. The van der Waals surface area contributed by atoms with E-state index < -0.39 is 10.2 Å². The molecule has 0 saturated heterocycles. The van der Waals surface area contributed by atoms with Crippen LogP contribution in [0.2, 0.25) is 5.02 Å². The fourth-order valence-electron chi connectivity index (χ4n) is 3.61. The normalized spacial score (nSPS) is 11.3. The second-order valence-corrected chi connectivity index (χ2v) is 9.90. The molecule has 0 bridgehead atoms. The number of nitrogens with one attached hydrogen (secondary N) is 1. The molecule has 1 atom stereocenters. The van der Waals surface area contributed by atoms with Crippen LogP contribution < -0.4 is 10.1 Å². The van der Waals surface area contributed by atoms with Crippen LogP contribution in [0.3, 0.4) is 0 Å². The number of anilines is 1. The summed E-state index contributed by atoms with van der Waals surface area (Å²) >= 11 is 7.24. The van der Waals surface area contributed by atoms with Crippen LogP contribution in [0.1, 0.15) is 12.5 Å². The third-order valence-corrected chi connectivity index (χ3v) is 6.98. The predicted octanol–water partition coefficient (Wildman–Crippen LogP) is 6.98. The van der Waals surface area contributed by atoms with Gasteiger partial charge < -0.3 is 10.1 Å². The number of nitro benzene ring substituents is 1. The molecular formula is C28H21ClN4O4S. The van der Waals surface area contributed by atoms with Gasteiger partial charge in [0.05, 0.1) is 28.5 Å². The van der Waals surface area contributed by atoms with E-state index in [4.69, 9.17) is 21.3 Å². The van der Waals surface area contributed by atoms with E-state index in [1.165, 1.54) is 24.3 Å². The standard InChI is InChI=1S/C28H21ClN4O4S/c1-17(27(34)31-21-9-11-22(12-10-21)33(35)36)38-28-25(16-30)24(18-3-7-20(29)8-4-18)15-26(32-28)19-5-13-23(37-2)14-6-19/h3-15,17H,1-2H3,(H,31,34). The lowest BCUT2D eigenvalue weighted by molar-refractivity contribution is -0.384. The maximum Gasteiger partial charge on any atom is 0.269 e. The zero-order valence-corrected chi connectivity index (χ0v) is 21.9. The second-order valence-electron chi connectivity index (χ2n) is 8.14. The van der Waals surface area contributed by atoms with Gasteiger partial charge in [-0.15, -0.1) is 0 Å². The van der Waals surface area contributed by atoms with Crippen LogP contribution >= 0.6 is 23.4 Å². The van der Waals surface area contributed by atoms with Gasteiger partial charge in [-0.3, -0.25) is 14.9 Å². The van der Waals surface area contributed by atoms with Gasteiger partial charge >= 0.3 is 0 Å². The Hall–Kier alpha value is -4.39. The van der Waals surface area contributed by atoms with E-state index >= 15 is 0 Å². The quantitative estimate of drug-likeness (QED) is 0.144. The van der Waals surface area contributed by atoms with Crippen LogP contribution in [0, 0.1) is 21.4 Å². The van der Waals surface area contributed by atoms with Gasteiger partial charge in [-0.05, 0) is 67.1 Å². The fraction of sp³-hybridized carbons (Fsp3) is 0.107. The summed E-state index contributed by atoms with van der Waals surface area (Å²) in [6, 6.07) is 24.2. The topological polar surface area (TPSA) is 118 Å². The maximum atomic E-state index is 12.9. The van der Waals surface area contributed by atoms with Crippen molar-refractivity contribution in [3.63, 3.8) is 0 Å². The van der Waals surface area contributed by atoms with Crippen LogP contribution in [0.25, 0.3) is 22.4 Å². The van der Waals surface area contributed by atoms with Crippen molar-refractivity contribution in [3.8, 4) is 34.2 Å². The van der Waals surface area contributed by atoms with Crippen molar-refractivity contribution in [1.82, 2.24) is 4.98 Å². The highest BCUT2D eigenvalue weighted by Crippen LogP contribution is 2.36. The molecule has 0 aliphatic heterocycles. The highest BCUT2D eigenvalue weighted by Gasteiger charge is 2.22. The number of carbonyl (C=O) groups is 1. The number of nitro groups is 1. The number of non-ortho nitro benzene ring substituents is 1. The molecule has 10 heteroatoms. The van der Waals surface area contributed by atoms with Gasteiger partial charge in [-0.25, -0.2) is 4.98 Å². The minimum Gasteiger partial charge on any atom is -0.497 e. The van der Waals surface area contributed by atoms with Gasteiger partial charge in [0.15, 0.2) is 0 Å². The molecule has 8 nitrogen and oxygen atoms in total. The minimum atomic E-state index is -0.631. The zero-order chi connectivity index (χ0) is 27.2. The first-order chi connectivity index (χ1) is 18.3. The van der Waals surface area contributed by atoms with Crippen LogP contribution in [-0.4, -0.2) is 28.2 Å². The van der Waals surface area contributed by atoms with E-state index in [1.54, 1.807) is 26.2 Å². The number of pyridine rings is 1. The average Bonchev–Trinajstić information content (AvgIpc) is 2.93. The van der Waals surface area contributed by atoms with Gasteiger partial charge in [0.2, 0.25) is 5.91 Å². The van der Waals surface area contributed by atoms with Gasteiger partial charge in [-0.2, -0.15) is 5.26 Å². The molecule has 1 N–H and O–H groups in total. The molecule has 1 aromatic heterocycles. The minimum absolute atomic E-state index is 0.0710. The Labute approximate surface area is 228 Å². The third kappa shape index (κ3) is 6.11. The van der Waals surface area contributed by atoms with E-state index in [0.717, 1.165) is 22.9 Å². The van der Waals surface area contributed by atoms with Crippen molar-refractivity contribution in [2.45, 2.75) is 17.2 Å². The molecule has 0 saturated carbocycles. The number of amides is 1. The number of nitrogens with zero attached hydrogens (tertiary/aromatic N) is 3. The molecule has 38 heavy (non-hydrogen) atoms. The summed E-state index contributed by atoms with van der Waals surface area (Å²) in [5.41, 5.74) is 3.58. The fourth-order valence-corrected chi connectivity index (χ4v) is 4.66. The van der Waals surface area contributed by atoms with Crippen LogP contribution in [-0.2, 0) is 4.79 Å². The monoisotopic (exact) mass is 544 g/mol. The Bertz CT molecular complexity index is 1520. The van der Waals surface area contributed by atoms with E-state index in [1.807, 2.05) is 42.5 Å². The highest BCUT2D eigenvalue weighted by atomic mass is 35.5. The van der Waals surface area contributed by atoms with E-state index in [9.17, 15) is 20.2 Å². The number of benzene rings is 3. The summed E-state index contributed by atoms with van der Waals surface area (Å²) in [6.07, 6.45) is 0.